The molecule has 0 amide bonds. The normalized spacial score (nSPS) is 11.9. The molecule has 0 N–H and O–H groups in total. The molecule has 0 saturated carbocycles. The van der Waals surface area contributed by atoms with E-state index in [4.69, 9.17) is 4.84 Å². The summed E-state index contributed by atoms with van der Waals surface area (Å²) >= 11 is 0. The lowest BCUT2D eigenvalue weighted by atomic mass is 9.96. The van der Waals surface area contributed by atoms with E-state index in [9.17, 15) is 4.79 Å². The van der Waals surface area contributed by atoms with Gasteiger partial charge in [0, 0.05) is 43.1 Å². The third kappa shape index (κ3) is 3.29. The molecule has 4 rings (SSSR count). The molecule has 0 fully saturated rings. The van der Waals surface area contributed by atoms with Gasteiger partial charge in [0.2, 0.25) is 0 Å². The topological polar surface area (TPSA) is 43.6 Å². The van der Waals surface area contributed by atoms with Crippen LogP contribution in [-0.4, -0.2) is 16.2 Å². The Labute approximate surface area is 164 Å². The summed E-state index contributed by atoms with van der Waals surface area (Å²) in [7, 11) is 2.03. The number of fused-ring (bicyclic) bond motifs is 3. The van der Waals surface area contributed by atoms with Gasteiger partial charge in [0.15, 0.2) is 0 Å². The highest BCUT2D eigenvalue weighted by Crippen LogP contribution is 2.31. The molecule has 0 saturated heterocycles. The van der Waals surface area contributed by atoms with Crippen molar-refractivity contribution in [3.8, 4) is 0 Å². The van der Waals surface area contributed by atoms with Crippen LogP contribution in [0, 0.1) is 6.92 Å². The Kier molecular flexibility index (Phi) is 4.70. The number of carbonyl (C=O) groups excluding carboxylic acids is 1. The molecular formula is C24H22N2O2. The van der Waals surface area contributed by atoms with Crippen LogP contribution in [0.4, 0.5) is 0 Å². The zero-order valence-corrected chi connectivity index (χ0v) is 16.3. The molecule has 0 aliphatic carbocycles. The first-order valence-corrected chi connectivity index (χ1v) is 9.30. The maximum atomic E-state index is 11.4. The van der Waals surface area contributed by atoms with Crippen molar-refractivity contribution in [2.75, 3.05) is 0 Å². The van der Waals surface area contributed by atoms with Gasteiger partial charge >= 0.3 is 5.97 Å². The first-order chi connectivity index (χ1) is 13.5. The van der Waals surface area contributed by atoms with Crippen molar-refractivity contribution in [1.29, 1.82) is 0 Å². The number of rotatable bonds is 4. The molecule has 0 radical (unpaired) electrons. The second-order valence-corrected chi connectivity index (χ2v) is 7.06. The summed E-state index contributed by atoms with van der Waals surface area (Å²) in [6.07, 6.45) is 2.65. The molecule has 4 heteroatoms. The first kappa shape index (κ1) is 18.0. The first-order valence-electron chi connectivity index (χ1n) is 9.30. The van der Waals surface area contributed by atoms with Crippen LogP contribution in [0.5, 0.6) is 0 Å². The van der Waals surface area contributed by atoms with E-state index in [0.29, 0.717) is 6.42 Å². The summed E-state index contributed by atoms with van der Waals surface area (Å²) < 4.78 is 2.10. The van der Waals surface area contributed by atoms with Crippen LogP contribution in [0.25, 0.3) is 21.7 Å². The van der Waals surface area contributed by atoms with Crippen molar-refractivity contribution in [3.63, 3.8) is 0 Å². The van der Waals surface area contributed by atoms with E-state index in [1.54, 1.807) is 0 Å². The fourth-order valence-electron chi connectivity index (χ4n) is 3.67. The molecule has 1 heterocycles. The molecule has 0 aliphatic rings. The van der Waals surface area contributed by atoms with Gasteiger partial charge < -0.3 is 9.40 Å². The molecule has 4 aromatic rings. The van der Waals surface area contributed by atoms with E-state index in [1.165, 1.54) is 17.9 Å². The molecule has 0 aliphatic heterocycles. The van der Waals surface area contributed by atoms with Gasteiger partial charge in [0.25, 0.3) is 0 Å². The molecule has 0 spiro atoms. The van der Waals surface area contributed by atoms with Crippen molar-refractivity contribution >= 4 is 33.4 Å². The minimum Gasteiger partial charge on any atom is -0.350 e. The average molecular weight is 370 g/mol. The number of carbonyl (C=O) groups is 1. The Morgan fingerprint density at radius 1 is 1.04 bits per heavy atom. The van der Waals surface area contributed by atoms with Crippen molar-refractivity contribution < 1.29 is 9.63 Å². The summed E-state index contributed by atoms with van der Waals surface area (Å²) in [4.78, 5) is 16.5. The Hall–Kier alpha value is -3.40. The van der Waals surface area contributed by atoms with Crippen LogP contribution in [0.2, 0.25) is 0 Å². The molecule has 3 aromatic carbocycles. The van der Waals surface area contributed by atoms with Crippen molar-refractivity contribution in [3.05, 3.63) is 83.6 Å². The van der Waals surface area contributed by atoms with E-state index < -0.39 is 5.97 Å². The average Bonchev–Trinajstić information content (AvgIpc) is 3.03. The molecular weight excluding hydrogens is 348 g/mol. The highest BCUT2D eigenvalue weighted by atomic mass is 16.7. The van der Waals surface area contributed by atoms with E-state index in [1.807, 2.05) is 31.3 Å². The number of aryl methyl sites for hydroxylation is 2. The molecule has 4 nitrogen and oxygen atoms in total. The quantitative estimate of drug-likeness (QED) is 0.283. The van der Waals surface area contributed by atoms with Crippen LogP contribution in [-0.2, 0) is 23.1 Å². The summed E-state index contributed by atoms with van der Waals surface area (Å²) in [6.45, 7) is 3.45. The predicted molar refractivity (Wildman–Crippen MR) is 114 cm³/mol. The van der Waals surface area contributed by atoms with E-state index in [0.717, 1.165) is 33.1 Å². The van der Waals surface area contributed by atoms with Crippen molar-refractivity contribution in [2.24, 2.45) is 12.2 Å². The lowest BCUT2D eigenvalue weighted by molar-refractivity contribution is -0.140. The van der Waals surface area contributed by atoms with Crippen LogP contribution >= 0.6 is 0 Å². The van der Waals surface area contributed by atoms with Crippen LogP contribution in [0.15, 0.2) is 72.0 Å². The van der Waals surface area contributed by atoms with Crippen molar-refractivity contribution in [1.82, 2.24) is 4.57 Å². The fraction of sp³-hybridized carbons (Fsp3) is 0.167. The minimum atomic E-state index is -0.424. The highest BCUT2D eigenvalue weighted by molar-refractivity contribution is 6.19. The standard InChI is InChI=1S/C24H22N2O2/c1-16-8-4-5-10-19(16)14-22(25-28-17(2)27)21-15-26(3)23-13-12-18-9-6-7-11-20(18)24(21)23/h4-13,15H,14H2,1-3H3/b25-22+. The Morgan fingerprint density at radius 2 is 1.79 bits per heavy atom. The largest absolute Gasteiger partial charge is 0.350 e. The number of aromatic nitrogens is 1. The van der Waals surface area contributed by atoms with E-state index in [-0.39, 0.29) is 0 Å². The number of benzene rings is 3. The third-order valence-corrected chi connectivity index (χ3v) is 5.09. The molecule has 0 bridgehead atoms. The SMILES string of the molecule is CC(=O)O/N=C(\Cc1ccccc1C)c1cn(C)c2ccc3ccccc3c12. The second kappa shape index (κ2) is 7.31. The van der Waals surface area contributed by atoms with Gasteiger partial charge in [-0.05, 0) is 34.9 Å². The maximum absolute atomic E-state index is 11.4. The molecule has 140 valence electrons. The van der Waals surface area contributed by atoms with Gasteiger partial charge in [-0.3, -0.25) is 0 Å². The summed E-state index contributed by atoms with van der Waals surface area (Å²) in [5, 5.41) is 7.71. The highest BCUT2D eigenvalue weighted by Gasteiger charge is 2.17. The van der Waals surface area contributed by atoms with Gasteiger partial charge in [-0.2, -0.15) is 0 Å². The predicted octanol–water partition coefficient (Wildman–Crippen LogP) is 5.15. The van der Waals surface area contributed by atoms with Gasteiger partial charge in [0.05, 0.1) is 5.71 Å². The minimum absolute atomic E-state index is 0.424. The van der Waals surface area contributed by atoms with Gasteiger partial charge in [0.1, 0.15) is 0 Å². The molecule has 0 atom stereocenters. The Balaban J connectivity index is 1.94. The second-order valence-electron chi connectivity index (χ2n) is 7.06. The smallest absolute Gasteiger partial charge is 0.331 e. The number of nitrogens with zero attached hydrogens (tertiary/aromatic N) is 2. The maximum Gasteiger partial charge on any atom is 0.331 e. The van der Waals surface area contributed by atoms with Crippen LogP contribution in [0.3, 0.4) is 0 Å². The lowest BCUT2D eigenvalue weighted by Crippen LogP contribution is -2.08. The Bertz CT molecular complexity index is 1220. The summed E-state index contributed by atoms with van der Waals surface area (Å²) in [6, 6.07) is 20.8. The number of oxime groups is 1. The molecule has 0 unspecified atom stereocenters. The van der Waals surface area contributed by atoms with Gasteiger partial charge in [-0.1, -0.05) is 59.8 Å². The fourth-order valence-corrected chi connectivity index (χ4v) is 3.67. The Morgan fingerprint density at radius 3 is 2.57 bits per heavy atom. The molecule has 28 heavy (non-hydrogen) atoms. The zero-order chi connectivity index (χ0) is 19.7. The number of hydrogen-bond acceptors (Lipinski definition) is 3. The number of hydrogen-bond donors (Lipinski definition) is 0. The van der Waals surface area contributed by atoms with Crippen LogP contribution in [0.1, 0.15) is 23.6 Å². The lowest BCUT2D eigenvalue weighted by Gasteiger charge is -2.09. The zero-order valence-electron chi connectivity index (χ0n) is 16.3. The van der Waals surface area contributed by atoms with Gasteiger partial charge in [-0.25, -0.2) is 4.79 Å². The molecule has 1 aromatic heterocycles. The van der Waals surface area contributed by atoms with Gasteiger partial charge in [-0.15, -0.1) is 0 Å². The summed E-state index contributed by atoms with van der Waals surface area (Å²) in [5.74, 6) is -0.424. The van der Waals surface area contributed by atoms with Crippen LogP contribution < -0.4 is 0 Å². The van der Waals surface area contributed by atoms with Crippen molar-refractivity contribution in [2.45, 2.75) is 20.3 Å². The van der Waals surface area contributed by atoms with E-state index >= 15 is 0 Å². The third-order valence-electron chi connectivity index (χ3n) is 5.09. The van der Waals surface area contributed by atoms with E-state index in [2.05, 4.69) is 59.2 Å². The monoisotopic (exact) mass is 370 g/mol. The summed E-state index contributed by atoms with van der Waals surface area (Å²) in [5.41, 5.74) is 5.19.